The van der Waals surface area contributed by atoms with E-state index in [1.165, 1.54) is 0 Å². The Bertz CT molecular complexity index is 1260. The van der Waals surface area contributed by atoms with Gasteiger partial charge >= 0.3 is 6.03 Å². The summed E-state index contributed by atoms with van der Waals surface area (Å²) < 4.78 is 13.4. The predicted molar refractivity (Wildman–Crippen MR) is 143 cm³/mol. The summed E-state index contributed by atoms with van der Waals surface area (Å²) in [6.45, 7) is 0.539. The van der Waals surface area contributed by atoms with E-state index >= 15 is 0 Å². The second-order valence-corrected chi connectivity index (χ2v) is 9.97. The van der Waals surface area contributed by atoms with Gasteiger partial charge in [-0.15, -0.1) is 0 Å². The normalized spacial score (nSPS) is 14.5. The van der Waals surface area contributed by atoms with Crippen molar-refractivity contribution < 1.29 is 19.1 Å². The molecule has 0 aromatic heterocycles. The van der Waals surface area contributed by atoms with Gasteiger partial charge in [0.1, 0.15) is 12.3 Å². The number of nitrogens with zero attached hydrogens (tertiary/aromatic N) is 1. The number of hydrogen-bond acceptors (Lipinski definition) is 4. The first-order valence-electron chi connectivity index (χ1n) is 10.2. The molecule has 9 heteroatoms. The van der Waals surface area contributed by atoms with Crippen molar-refractivity contribution in [3.05, 3.63) is 96.1 Å². The van der Waals surface area contributed by atoms with Crippen LogP contribution in [0.1, 0.15) is 16.7 Å². The highest BCUT2D eigenvalue weighted by Crippen LogP contribution is 2.35. The minimum absolute atomic E-state index is 0.156. The Morgan fingerprint density at radius 2 is 1.74 bits per heavy atom. The molecule has 34 heavy (non-hydrogen) atoms. The molecule has 0 atom stereocenters. The molecule has 1 saturated heterocycles. The third-order valence-electron chi connectivity index (χ3n) is 5.08. The van der Waals surface area contributed by atoms with E-state index in [1.54, 1.807) is 43.5 Å². The Labute approximate surface area is 224 Å². The lowest BCUT2D eigenvalue weighted by molar-refractivity contribution is -0.123. The molecule has 1 N–H and O–H groups in total. The highest BCUT2D eigenvalue weighted by molar-refractivity contribution is 14.1. The maximum absolute atomic E-state index is 12.9. The first kappa shape index (κ1) is 24.6. The molecule has 0 radical (unpaired) electrons. The van der Waals surface area contributed by atoms with Gasteiger partial charge in [0.15, 0.2) is 11.5 Å². The van der Waals surface area contributed by atoms with Crippen LogP contribution in [0.15, 0.2) is 70.8 Å². The molecule has 0 aliphatic carbocycles. The Balaban J connectivity index is 1.52. The summed E-state index contributed by atoms with van der Waals surface area (Å²) in [7, 11) is 1.56. The van der Waals surface area contributed by atoms with Gasteiger partial charge in [-0.05, 0) is 81.8 Å². The molecule has 3 amide bonds. The fraction of sp³-hybridized carbons (Fsp3) is 0.120. The zero-order chi connectivity index (χ0) is 24.2. The first-order chi connectivity index (χ1) is 16.3. The summed E-state index contributed by atoms with van der Waals surface area (Å²) in [5, 5.41) is 3.24. The van der Waals surface area contributed by atoms with Gasteiger partial charge < -0.3 is 14.8 Å². The number of hydrogen-bond donors (Lipinski definition) is 1. The van der Waals surface area contributed by atoms with Gasteiger partial charge in [0, 0.05) is 9.50 Å². The quantitative estimate of drug-likeness (QED) is 0.183. The molecule has 4 rings (SSSR count). The number of methoxy groups -OCH3 is 1. The van der Waals surface area contributed by atoms with Crippen LogP contribution >= 0.6 is 50.1 Å². The molecule has 0 unspecified atom stereocenters. The summed E-state index contributed by atoms with van der Waals surface area (Å²) in [5.74, 6) is 0.745. The average molecular weight is 654 g/mol. The molecule has 6 nitrogen and oxygen atoms in total. The number of urea groups is 1. The van der Waals surface area contributed by atoms with Crippen molar-refractivity contribution in [1.29, 1.82) is 0 Å². The second-order valence-electron chi connectivity index (χ2n) is 7.46. The first-order valence-corrected chi connectivity index (χ1v) is 12.4. The molecule has 174 valence electrons. The highest BCUT2D eigenvalue weighted by Gasteiger charge is 2.33. The second kappa shape index (κ2) is 10.8. The monoisotopic (exact) mass is 652 g/mol. The van der Waals surface area contributed by atoms with E-state index in [4.69, 9.17) is 21.1 Å². The van der Waals surface area contributed by atoms with Crippen LogP contribution in [0.25, 0.3) is 6.08 Å². The minimum Gasteiger partial charge on any atom is -0.493 e. The molecule has 3 aromatic rings. The van der Waals surface area contributed by atoms with Gasteiger partial charge in [-0.2, -0.15) is 0 Å². The largest absolute Gasteiger partial charge is 0.493 e. The van der Waals surface area contributed by atoms with Crippen molar-refractivity contribution in [2.45, 2.75) is 13.2 Å². The van der Waals surface area contributed by atoms with Crippen LogP contribution in [-0.4, -0.2) is 23.9 Å². The van der Waals surface area contributed by atoms with Gasteiger partial charge in [0.25, 0.3) is 5.91 Å². The molecule has 1 aliphatic rings. The average Bonchev–Trinajstić information content (AvgIpc) is 3.07. The minimum atomic E-state index is -0.470. The summed E-state index contributed by atoms with van der Waals surface area (Å²) in [6.07, 6.45) is 1.63. The molecule has 1 aliphatic heterocycles. The van der Waals surface area contributed by atoms with Crippen molar-refractivity contribution in [2.24, 2.45) is 0 Å². The number of amides is 3. The van der Waals surface area contributed by atoms with Gasteiger partial charge in [-0.1, -0.05) is 51.8 Å². The van der Waals surface area contributed by atoms with Crippen molar-refractivity contribution >= 4 is 68.1 Å². The summed E-state index contributed by atoms with van der Waals surface area (Å²) in [5.41, 5.74) is 2.72. The van der Waals surface area contributed by atoms with Crippen molar-refractivity contribution in [3.63, 3.8) is 0 Å². The number of carbonyl (C=O) groups excluding carboxylic acids is 2. The topological polar surface area (TPSA) is 67.9 Å². The zero-order valence-electron chi connectivity index (χ0n) is 18.0. The van der Waals surface area contributed by atoms with Crippen LogP contribution in [0.5, 0.6) is 11.5 Å². The predicted octanol–water partition coefficient (Wildman–Crippen LogP) is 6.39. The van der Waals surface area contributed by atoms with Crippen LogP contribution in [-0.2, 0) is 17.9 Å². The van der Waals surface area contributed by atoms with Crippen LogP contribution in [0.2, 0.25) is 5.02 Å². The third-order valence-corrected chi connectivity index (χ3v) is 6.66. The number of halogens is 3. The molecule has 1 fully saturated rings. The molecular weight excluding hydrogens is 635 g/mol. The van der Waals surface area contributed by atoms with E-state index in [2.05, 4.69) is 43.8 Å². The number of nitrogens with one attached hydrogen (secondary N) is 1. The lowest BCUT2D eigenvalue weighted by atomic mass is 10.1. The molecule has 0 bridgehead atoms. The number of carbonyl (C=O) groups is 2. The van der Waals surface area contributed by atoms with Crippen LogP contribution < -0.4 is 14.8 Å². The Kier molecular flexibility index (Phi) is 7.80. The zero-order valence-corrected chi connectivity index (χ0v) is 22.5. The Morgan fingerprint density at radius 3 is 2.41 bits per heavy atom. The SMILES string of the molecule is COc1cc(/C=C2\NC(=O)N(Cc3ccc(Cl)cc3)C2=O)cc(I)c1OCc1ccc(Br)cc1. The van der Waals surface area contributed by atoms with E-state index in [0.29, 0.717) is 28.7 Å². The highest BCUT2D eigenvalue weighted by atomic mass is 127. The summed E-state index contributed by atoms with van der Waals surface area (Å²) >= 11 is 11.5. The lowest BCUT2D eigenvalue weighted by Gasteiger charge is -2.14. The summed E-state index contributed by atoms with van der Waals surface area (Å²) in [6, 6.07) is 18.1. The standard InChI is InChI=1S/C25H19BrClIN2O4/c1-33-22-12-17(10-20(28)23(22)34-14-16-2-6-18(26)7-3-16)11-21-24(31)30(25(32)29-21)13-15-4-8-19(27)9-5-15/h2-12H,13-14H2,1H3,(H,29,32)/b21-11-. The van der Waals surface area contributed by atoms with Crippen LogP contribution in [0, 0.1) is 3.57 Å². The van der Waals surface area contributed by atoms with E-state index in [9.17, 15) is 9.59 Å². The van der Waals surface area contributed by atoms with Crippen molar-refractivity contribution in [2.75, 3.05) is 7.11 Å². The molecule has 0 saturated carbocycles. The Morgan fingerprint density at radius 1 is 1.06 bits per heavy atom. The lowest BCUT2D eigenvalue weighted by Crippen LogP contribution is -2.30. The van der Waals surface area contributed by atoms with Crippen molar-refractivity contribution in [1.82, 2.24) is 10.2 Å². The maximum Gasteiger partial charge on any atom is 0.329 e. The fourth-order valence-electron chi connectivity index (χ4n) is 3.35. The van der Waals surface area contributed by atoms with E-state index in [1.807, 2.05) is 30.3 Å². The number of imide groups is 1. The number of rotatable bonds is 7. The maximum atomic E-state index is 12.9. The smallest absolute Gasteiger partial charge is 0.329 e. The van der Waals surface area contributed by atoms with Gasteiger partial charge in [-0.25, -0.2) is 4.79 Å². The van der Waals surface area contributed by atoms with Gasteiger partial charge in [-0.3, -0.25) is 9.69 Å². The number of ether oxygens (including phenoxy) is 2. The third kappa shape index (κ3) is 5.73. The number of benzene rings is 3. The van der Waals surface area contributed by atoms with E-state index < -0.39 is 11.9 Å². The Hall–Kier alpha value is -2.56. The van der Waals surface area contributed by atoms with Crippen molar-refractivity contribution in [3.8, 4) is 11.5 Å². The molecular formula is C25H19BrClIN2O4. The molecule has 3 aromatic carbocycles. The van der Waals surface area contributed by atoms with Crippen LogP contribution in [0.3, 0.4) is 0 Å². The van der Waals surface area contributed by atoms with E-state index in [-0.39, 0.29) is 12.2 Å². The van der Waals surface area contributed by atoms with Gasteiger partial charge in [0.2, 0.25) is 0 Å². The fourth-order valence-corrected chi connectivity index (χ4v) is 4.52. The molecule has 0 spiro atoms. The van der Waals surface area contributed by atoms with Crippen LogP contribution in [0.4, 0.5) is 4.79 Å². The molecule has 1 heterocycles. The summed E-state index contributed by atoms with van der Waals surface area (Å²) in [4.78, 5) is 26.4. The van der Waals surface area contributed by atoms with Gasteiger partial charge in [0.05, 0.1) is 17.2 Å². The van der Waals surface area contributed by atoms with E-state index in [0.717, 1.165) is 24.1 Å².